The first-order valence-corrected chi connectivity index (χ1v) is 6.32. The van der Waals surface area contributed by atoms with Crippen molar-refractivity contribution >= 4 is 39.9 Å². The average molecular weight is 300 g/mol. The summed E-state index contributed by atoms with van der Waals surface area (Å²) in [6, 6.07) is 1.44. The number of hydrogen-bond acceptors (Lipinski definition) is 7. The van der Waals surface area contributed by atoms with Crippen LogP contribution in [0.4, 0.5) is 11.1 Å². The number of rotatable bonds is 3. The molecule has 0 atom stereocenters. The molecule has 2 aromatic heterocycles. The van der Waals surface area contributed by atoms with Crippen LogP contribution in [0.1, 0.15) is 15.4 Å². The van der Waals surface area contributed by atoms with Crippen LogP contribution in [0.2, 0.25) is 5.15 Å². The SMILES string of the molecule is COc1cc(Cl)nc(NC(=O)c2sc(N)nc2C)n1. The molecule has 3 N–H and O–H groups in total. The molecular formula is C10H10ClN5O2S. The smallest absolute Gasteiger partial charge is 0.270 e. The van der Waals surface area contributed by atoms with E-state index in [0.29, 0.717) is 15.7 Å². The molecule has 0 bridgehead atoms. The van der Waals surface area contributed by atoms with Gasteiger partial charge in [-0.05, 0) is 6.92 Å². The molecule has 100 valence electrons. The zero-order valence-electron chi connectivity index (χ0n) is 10.1. The van der Waals surface area contributed by atoms with Crippen molar-refractivity contribution < 1.29 is 9.53 Å². The number of methoxy groups -OCH3 is 1. The van der Waals surface area contributed by atoms with Crippen molar-refractivity contribution in [3.05, 3.63) is 21.8 Å². The van der Waals surface area contributed by atoms with Crippen LogP contribution in [0.15, 0.2) is 6.07 Å². The van der Waals surface area contributed by atoms with Crippen molar-refractivity contribution in [1.29, 1.82) is 0 Å². The van der Waals surface area contributed by atoms with Gasteiger partial charge in [0.05, 0.1) is 12.8 Å². The number of aryl methyl sites for hydroxylation is 1. The minimum Gasteiger partial charge on any atom is -0.481 e. The Bertz CT molecular complexity index is 630. The van der Waals surface area contributed by atoms with Gasteiger partial charge in [-0.2, -0.15) is 4.98 Å². The molecule has 1 amide bonds. The molecule has 2 rings (SSSR count). The summed E-state index contributed by atoms with van der Waals surface area (Å²) in [5.74, 6) is -0.0763. The van der Waals surface area contributed by atoms with Gasteiger partial charge in [0.15, 0.2) is 5.13 Å². The molecule has 0 aliphatic rings. The lowest BCUT2D eigenvalue weighted by molar-refractivity contribution is 0.102. The Morgan fingerprint density at radius 3 is 2.79 bits per heavy atom. The van der Waals surface area contributed by atoms with Gasteiger partial charge >= 0.3 is 0 Å². The molecule has 0 aliphatic heterocycles. The summed E-state index contributed by atoms with van der Waals surface area (Å²) in [5.41, 5.74) is 6.09. The summed E-state index contributed by atoms with van der Waals surface area (Å²) in [5, 5.41) is 3.01. The van der Waals surface area contributed by atoms with Crippen molar-refractivity contribution in [2.24, 2.45) is 0 Å². The molecule has 0 unspecified atom stereocenters. The highest BCUT2D eigenvalue weighted by Crippen LogP contribution is 2.21. The van der Waals surface area contributed by atoms with E-state index in [1.807, 2.05) is 0 Å². The molecule has 7 nitrogen and oxygen atoms in total. The highest BCUT2D eigenvalue weighted by atomic mass is 35.5. The van der Waals surface area contributed by atoms with Gasteiger partial charge in [-0.15, -0.1) is 0 Å². The van der Waals surface area contributed by atoms with Gasteiger partial charge in [-0.25, -0.2) is 9.97 Å². The quantitative estimate of drug-likeness (QED) is 0.837. The number of halogens is 1. The molecule has 0 radical (unpaired) electrons. The second-order valence-corrected chi connectivity index (χ2v) is 4.90. The minimum absolute atomic E-state index is 0.0562. The Morgan fingerprint density at radius 1 is 1.47 bits per heavy atom. The number of ether oxygens (including phenoxy) is 1. The Labute approximate surface area is 117 Å². The zero-order chi connectivity index (χ0) is 14.0. The number of nitrogens with one attached hydrogen (secondary N) is 1. The molecule has 9 heteroatoms. The number of carbonyl (C=O) groups excluding carboxylic acids is 1. The van der Waals surface area contributed by atoms with Gasteiger partial charge in [0.25, 0.3) is 5.91 Å². The summed E-state index contributed by atoms with van der Waals surface area (Å²) >= 11 is 6.87. The normalized spacial score (nSPS) is 10.3. The number of nitrogens with zero attached hydrogens (tertiary/aromatic N) is 3. The van der Waals surface area contributed by atoms with Gasteiger partial charge in [-0.3, -0.25) is 10.1 Å². The fourth-order valence-corrected chi connectivity index (χ4v) is 2.25. The van der Waals surface area contributed by atoms with Crippen molar-refractivity contribution in [3.8, 4) is 5.88 Å². The lowest BCUT2D eigenvalue weighted by Gasteiger charge is -2.05. The van der Waals surface area contributed by atoms with Crippen LogP contribution >= 0.6 is 22.9 Å². The highest BCUT2D eigenvalue weighted by Gasteiger charge is 2.16. The Balaban J connectivity index is 2.23. The molecule has 0 saturated carbocycles. The van der Waals surface area contributed by atoms with Gasteiger partial charge in [0.2, 0.25) is 11.8 Å². The Morgan fingerprint density at radius 2 is 2.21 bits per heavy atom. The van der Waals surface area contributed by atoms with Gasteiger partial charge in [-0.1, -0.05) is 22.9 Å². The largest absolute Gasteiger partial charge is 0.481 e. The first-order valence-electron chi connectivity index (χ1n) is 5.12. The number of anilines is 2. The molecule has 2 heterocycles. The van der Waals surface area contributed by atoms with Gasteiger partial charge in [0.1, 0.15) is 10.0 Å². The van der Waals surface area contributed by atoms with E-state index in [1.165, 1.54) is 13.2 Å². The summed E-state index contributed by atoms with van der Waals surface area (Å²) in [6.45, 7) is 1.70. The summed E-state index contributed by atoms with van der Waals surface area (Å²) in [7, 11) is 1.44. The highest BCUT2D eigenvalue weighted by molar-refractivity contribution is 7.17. The lowest BCUT2D eigenvalue weighted by atomic mass is 10.4. The van der Waals surface area contributed by atoms with E-state index >= 15 is 0 Å². The van der Waals surface area contributed by atoms with Crippen LogP contribution < -0.4 is 15.8 Å². The Hall–Kier alpha value is -1.93. The van der Waals surface area contributed by atoms with E-state index in [2.05, 4.69) is 20.3 Å². The third kappa shape index (κ3) is 3.09. The van der Waals surface area contributed by atoms with E-state index in [1.54, 1.807) is 6.92 Å². The lowest BCUT2D eigenvalue weighted by Crippen LogP contribution is -2.14. The second-order valence-electron chi connectivity index (χ2n) is 3.48. The predicted octanol–water partition coefficient (Wildman–Crippen LogP) is 1.74. The van der Waals surface area contributed by atoms with E-state index in [4.69, 9.17) is 22.1 Å². The standard InChI is InChI=1S/C10H10ClN5O2S/c1-4-7(19-9(12)13-4)8(17)16-10-14-5(11)3-6(15-10)18-2/h3H,1-2H3,(H2,12,13)(H,14,15,16,17). The maximum atomic E-state index is 12.0. The molecular weight excluding hydrogens is 290 g/mol. The summed E-state index contributed by atoms with van der Waals surface area (Å²) in [6.07, 6.45) is 0. The number of aromatic nitrogens is 3. The van der Waals surface area contributed by atoms with E-state index in [9.17, 15) is 4.79 Å². The first-order chi connectivity index (χ1) is 8.99. The number of nitrogen functional groups attached to an aromatic ring is 1. The average Bonchev–Trinajstić information content (AvgIpc) is 2.67. The molecule has 2 aromatic rings. The zero-order valence-corrected chi connectivity index (χ0v) is 11.7. The van der Waals surface area contributed by atoms with Gasteiger partial charge < -0.3 is 10.5 Å². The monoisotopic (exact) mass is 299 g/mol. The molecule has 19 heavy (non-hydrogen) atoms. The fraction of sp³-hybridized carbons (Fsp3) is 0.200. The number of carbonyl (C=O) groups is 1. The number of amides is 1. The van der Waals surface area contributed by atoms with Crippen molar-refractivity contribution in [2.75, 3.05) is 18.2 Å². The van der Waals surface area contributed by atoms with Gasteiger partial charge in [0, 0.05) is 6.07 Å². The maximum Gasteiger partial charge on any atom is 0.270 e. The summed E-state index contributed by atoms with van der Waals surface area (Å²) in [4.78, 5) is 24.2. The topological polar surface area (TPSA) is 103 Å². The first kappa shape index (κ1) is 13.5. The van der Waals surface area contributed by atoms with Crippen LogP contribution in [0.3, 0.4) is 0 Å². The van der Waals surface area contributed by atoms with Crippen LogP contribution in [0, 0.1) is 6.92 Å². The van der Waals surface area contributed by atoms with Crippen molar-refractivity contribution in [1.82, 2.24) is 15.0 Å². The van der Waals surface area contributed by atoms with E-state index in [-0.39, 0.29) is 17.0 Å². The summed E-state index contributed by atoms with van der Waals surface area (Å²) < 4.78 is 4.93. The Kier molecular flexibility index (Phi) is 3.82. The van der Waals surface area contributed by atoms with E-state index in [0.717, 1.165) is 11.3 Å². The van der Waals surface area contributed by atoms with Crippen LogP contribution in [0.25, 0.3) is 0 Å². The molecule has 0 aromatic carbocycles. The molecule has 0 aliphatic carbocycles. The number of thiazole rings is 1. The maximum absolute atomic E-state index is 12.0. The van der Waals surface area contributed by atoms with Crippen LogP contribution in [0.5, 0.6) is 5.88 Å². The number of nitrogens with two attached hydrogens (primary N) is 1. The van der Waals surface area contributed by atoms with Crippen molar-refractivity contribution in [2.45, 2.75) is 6.92 Å². The molecule has 0 saturated heterocycles. The van der Waals surface area contributed by atoms with Crippen LogP contribution in [-0.2, 0) is 0 Å². The van der Waals surface area contributed by atoms with Crippen molar-refractivity contribution in [3.63, 3.8) is 0 Å². The van der Waals surface area contributed by atoms with Crippen LogP contribution in [-0.4, -0.2) is 28.0 Å². The molecule has 0 fully saturated rings. The second kappa shape index (κ2) is 5.37. The third-order valence-corrected chi connectivity index (χ3v) is 3.30. The fourth-order valence-electron chi connectivity index (χ4n) is 1.34. The molecule has 0 spiro atoms. The van der Waals surface area contributed by atoms with E-state index < -0.39 is 5.91 Å². The third-order valence-electron chi connectivity index (χ3n) is 2.13. The number of hydrogen-bond donors (Lipinski definition) is 2. The minimum atomic E-state index is -0.393. The predicted molar refractivity (Wildman–Crippen MR) is 72.8 cm³/mol.